The molecule has 5 nitrogen and oxygen atoms in total. The number of rotatable bonds is 4. The first-order valence-corrected chi connectivity index (χ1v) is 7.40. The van der Waals surface area contributed by atoms with Crippen molar-refractivity contribution in [1.82, 2.24) is 15.3 Å². The Morgan fingerprint density at radius 2 is 1.96 bits per heavy atom. The van der Waals surface area contributed by atoms with Crippen molar-refractivity contribution in [3.63, 3.8) is 0 Å². The van der Waals surface area contributed by atoms with E-state index in [0.717, 1.165) is 22.3 Å². The van der Waals surface area contributed by atoms with Gasteiger partial charge in [-0.2, -0.15) is 0 Å². The van der Waals surface area contributed by atoms with Crippen molar-refractivity contribution in [2.24, 2.45) is 0 Å². The van der Waals surface area contributed by atoms with Gasteiger partial charge in [0, 0.05) is 32.2 Å². The molecule has 0 saturated heterocycles. The molecule has 0 aliphatic heterocycles. The van der Waals surface area contributed by atoms with E-state index in [0.29, 0.717) is 12.2 Å². The summed E-state index contributed by atoms with van der Waals surface area (Å²) < 4.78 is 0. The van der Waals surface area contributed by atoms with E-state index in [4.69, 9.17) is 0 Å². The van der Waals surface area contributed by atoms with Gasteiger partial charge in [0.15, 0.2) is 0 Å². The lowest BCUT2D eigenvalue weighted by atomic mass is 10.2. The van der Waals surface area contributed by atoms with Gasteiger partial charge in [-0.25, -0.2) is 9.97 Å². The van der Waals surface area contributed by atoms with Gasteiger partial charge in [0.25, 0.3) is 5.91 Å². The van der Waals surface area contributed by atoms with Crippen molar-refractivity contribution in [1.29, 1.82) is 0 Å². The first-order valence-electron chi connectivity index (χ1n) is 7.40. The summed E-state index contributed by atoms with van der Waals surface area (Å²) in [4.78, 5) is 22.9. The minimum absolute atomic E-state index is 0.182. The highest BCUT2D eigenvalue weighted by Gasteiger charge is 2.08. The van der Waals surface area contributed by atoms with Gasteiger partial charge in [-0.05, 0) is 29.8 Å². The van der Waals surface area contributed by atoms with Gasteiger partial charge in [-0.1, -0.05) is 24.3 Å². The fourth-order valence-electron chi connectivity index (χ4n) is 2.28. The lowest BCUT2D eigenvalue weighted by molar-refractivity contribution is 0.0946. The summed E-state index contributed by atoms with van der Waals surface area (Å²) in [5, 5.41) is 3.92. The molecule has 0 radical (unpaired) electrons. The van der Waals surface area contributed by atoms with Crippen LogP contribution >= 0.6 is 0 Å². The summed E-state index contributed by atoms with van der Waals surface area (Å²) in [6.07, 6.45) is 1.74. The Morgan fingerprint density at radius 3 is 2.78 bits per heavy atom. The van der Waals surface area contributed by atoms with E-state index in [2.05, 4.69) is 15.3 Å². The number of nitrogens with zero attached hydrogens (tertiary/aromatic N) is 3. The van der Waals surface area contributed by atoms with Crippen LogP contribution in [0.4, 0.5) is 5.82 Å². The number of benzene rings is 1. The summed E-state index contributed by atoms with van der Waals surface area (Å²) in [7, 11) is 3.87. The molecule has 23 heavy (non-hydrogen) atoms. The Kier molecular flexibility index (Phi) is 4.19. The van der Waals surface area contributed by atoms with Crippen LogP contribution in [0.5, 0.6) is 0 Å². The van der Waals surface area contributed by atoms with Crippen LogP contribution in [-0.2, 0) is 6.54 Å². The molecule has 3 rings (SSSR count). The monoisotopic (exact) mass is 306 g/mol. The molecule has 0 saturated carbocycles. The quantitative estimate of drug-likeness (QED) is 0.805. The SMILES string of the molecule is CN(C)c1cc(CNC(=O)c2ccc3ccccc3n2)ccn1. The molecule has 1 N–H and O–H groups in total. The zero-order chi connectivity index (χ0) is 16.2. The van der Waals surface area contributed by atoms with E-state index in [1.165, 1.54) is 0 Å². The maximum absolute atomic E-state index is 12.3. The number of anilines is 1. The second-order valence-electron chi connectivity index (χ2n) is 5.49. The maximum atomic E-state index is 12.3. The van der Waals surface area contributed by atoms with E-state index < -0.39 is 0 Å². The molecule has 0 fully saturated rings. The normalized spacial score (nSPS) is 10.5. The molecule has 0 atom stereocenters. The number of carbonyl (C=O) groups is 1. The molecular formula is C18H18N4O. The summed E-state index contributed by atoms with van der Waals surface area (Å²) in [5.41, 5.74) is 2.24. The lowest BCUT2D eigenvalue weighted by Crippen LogP contribution is -2.24. The number of aromatic nitrogens is 2. The molecule has 0 spiro atoms. The number of fused-ring (bicyclic) bond motifs is 1. The number of nitrogens with one attached hydrogen (secondary N) is 1. The lowest BCUT2D eigenvalue weighted by Gasteiger charge is -2.12. The van der Waals surface area contributed by atoms with E-state index >= 15 is 0 Å². The average molecular weight is 306 g/mol. The third kappa shape index (κ3) is 3.45. The van der Waals surface area contributed by atoms with Gasteiger partial charge < -0.3 is 10.2 Å². The first-order chi connectivity index (χ1) is 11.1. The van der Waals surface area contributed by atoms with E-state index in [1.54, 1.807) is 12.3 Å². The Morgan fingerprint density at radius 1 is 1.13 bits per heavy atom. The second-order valence-corrected chi connectivity index (χ2v) is 5.49. The Bertz CT molecular complexity index is 845. The molecule has 5 heteroatoms. The van der Waals surface area contributed by atoms with Crippen molar-refractivity contribution < 1.29 is 4.79 Å². The largest absolute Gasteiger partial charge is 0.363 e. The number of hydrogen-bond acceptors (Lipinski definition) is 4. The average Bonchev–Trinajstić information content (AvgIpc) is 2.59. The van der Waals surface area contributed by atoms with Gasteiger partial charge in [0.05, 0.1) is 5.52 Å². The fraction of sp³-hybridized carbons (Fsp3) is 0.167. The van der Waals surface area contributed by atoms with E-state index in [-0.39, 0.29) is 5.91 Å². The standard InChI is InChI=1S/C18H18N4O/c1-22(2)17-11-13(9-10-19-17)12-20-18(23)16-8-7-14-5-3-4-6-15(14)21-16/h3-11H,12H2,1-2H3,(H,20,23). The highest BCUT2D eigenvalue weighted by molar-refractivity contribution is 5.94. The third-order valence-corrected chi connectivity index (χ3v) is 3.55. The van der Waals surface area contributed by atoms with Crippen molar-refractivity contribution in [2.45, 2.75) is 6.54 Å². The highest BCUT2D eigenvalue weighted by Crippen LogP contribution is 2.12. The Hall–Kier alpha value is -2.95. The van der Waals surface area contributed by atoms with Crippen LogP contribution in [0.2, 0.25) is 0 Å². The predicted octanol–water partition coefficient (Wildman–Crippen LogP) is 2.63. The molecule has 2 aromatic heterocycles. The zero-order valence-corrected chi connectivity index (χ0v) is 13.2. The van der Waals surface area contributed by atoms with Crippen LogP contribution in [0.3, 0.4) is 0 Å². The molecule has 3 aromatic rings. The van der Waals surface area contributed by atoms with Crippen LogP contribution in [0, 0.1) is 0 Å². The van der Waals surface area contributed by atoms with Gasteiger partial charge in [-0.15, -0.1) is 0 Å². The van der Waals surface area contributed by atoms with Gasteiger partial charge in [0.2, 0.25) is 0 Å². The molecule has 2 heterocycles. The van der Waals surface area contributed by atoms with Crippen molar-refractivity contribution >= 4 is 22.6 Å². The third-order valence-electron chi connectivity index (χ3n) is 3.55. The number of carbonyl (C=O) groups excluding carboxylic acids is 1. The zero-order valence-electron chi connectivity index (χ0n) is 13.2. The molecular weight excluding hydrogens is 288 g/mol. The number of hydrogen-bond donors (Lipinski definition) is 1. The summed E-state index contributed by atoms with van der Waals surface area (Å²) in [5.74, 6) is 0.680. The minimum Gasteiger partial charge on any atom is -0.363 e. The predicted molar refractivity (Wildman–Crippen MR) is 91.5 cm³/mol. The van der Waals surface area contributed by atoms with Gasteiger partial charge >= 0.3 is 0 Å². The van der Waals surface area contributed by atoms with Crippen LogP contribution in [0.15, 0.2) is 54.7 Å². The number of amides is 1. The van der Waals surface area contributed by atoms with Crippen LogP contribution in [-0.4, -0.2) is 30.0 Å². The number of para-hydroxylation sites is 1. The molecule has 1 aromatic carbocycles. The summed E-state index contributed by atoms with van der Waals surface area (Å²) >= 11 is 0. The molecule has 1 amide bonds. The Labute approximate surface area is 135 Å². The molecule has 0 aliphatic carbocycles. The van der Waals surface area contributed by atoms with Crippen LogP contribution < -0.4 is 10.2 Å². The molecule has 0 unspecified atom stereocenters. The van der Waals surface area contributed by atoms with Crippen LogP contribution in [0.25, 0.3) is 10.9 Å². The van der Waals surface area contributed by atoms with E-state index in [1.807, 2.05) is 61.5 Å². The number of pyridine rings is 2. The minimum atomic E-state index is -0.182. The van der Waals surface area contributed by atoms with Crippen molar-refractivity contribution in [3.8, 4) is 0 Å². The van der Waals surface area contributed by atoms with Crippen LogP contribution in [0.1, 0.15) is 16.1 Å². The topological polar surface area (TPSA) is 58.1 Å². The fourth-order valence-corrected chi connectivity index (χ4v) is 2.28. The molecule has 0 bridgehead atoms. The van der Waals surface area contributed by atoms with Gasteiger partial charge in [0.1, 0.15) is 11.5 Å². The van der Waals surface area contributed by atoms with Crippen molar-refractivity contribution in [2.75, 3.05) is 19.0 Å². The summed E-state index contributed by atoms with van der Waals surface area (Å²) in [6.45, 7) is 0.441. The second kappa shape index (κ2) is 6.44. The summed E-state index contributed by atoms with van der Waals surface area (Å²) in [6, 6.07) is 15.2. The Balaban J connectivity index is 1.72. The maximum Gasteiger partial charge on any atom is 0.270 e. The first kappa shape index (κ1) is 15.0. The van der Waals surface area contributed by atoms with E-state index in [9.17, 15) is 4.79 Å². The highest BCUT2D eigenvalue weighted by atomic mass is 16.1. The van der Waals surface area contributed by atoms with Gasteiger partial charge in [-0.3, -0.25) is 4.79 Å². The molecule has 0 aliphatic rings. The smallest absolute Gasteiger partial charge is 0.270 e. The molecule has 116 valence electrons. The van der Waals surface area contributed by atoms with Crippen molar-refractivity contribution in [3.05, 3.63) is 66.0 Å².